The van der Waals surface area contributed by atoms with Gasteiger partial charge in [-0.05, 0) is 20.2 Å². The molecule has 0 aliphatic rings. The lowest BCUT2D eigenvalue weighted by molar-refractivity contribution is 0.381. The molecule has 0 aromatic carbocycles. The highest BCUT2D eigenvalue weighted by Crippen LogP contribution is 2.17. The molecule has 0 aliphatic carbocycles. The minimum absolute atomic E-state index is 0.0114. The fourth-order valence-electron chi connectivity index (χ4n) is 1.30. The summed E-state index contributed by atoms with van der Waals surface area (Å²) in [5.74, 6) is 4.98. The van der Waals surface area contributed by atoms with E-state index >= 15 is 0 Å². The molecule has 0 aliphatic heterocycles. The molecule has 1 rings (SSSR count). The van der Waals surface area contributed by atoms with E-state index in [4.69, 9.17) is 5.90 Å². The average molecular weight is 258 g/mol. The van der Waals surface area contributed by atoms with Crippen LogP contribution in [0.2, 0.25) is 0 Å². The minimum Gasteiger partial charge on any atom is -0.312 e. The van der Waals surface area contributed by atoms with Crippen LogP contribution in [0.4, 0.5) is 5.69 Å². The first kappa shape index (κ1) is 14.0. The van der Waals surface area contributed by atoms with Crippen LogP contribution in [-0.4, -0.2) is 37.2 Å². The number of rotatable bonds is 6. The monoisotopic (exact) mass is 258 g/mol. The van der Waals surface area contributed by atoms with Gasteiger partial charge in [0.05, 0.1) is 5.69 Å². The van der Waals surface area contributed by atoms with Crippen molar-refractivity contribution in [2.24, 2.45) is 5.90 Å². The quantitative estimate of drug-likeness (QED) is 0.450. The highest BCUT2D eigenvalue weighted by Gasteiger charge is 2.04. The number of pyridine rings is 1. The minimum atomic E-state index is -0.0114. The number of nitrogens with two attached hydrogens (primary N) is 1. The van der Waals surface area contributed by atoms with Gasteiger partial charge >= 0.3 is 0 Å². The average Bonchev–Trinajstić information content (AvgIpc) is 2.28. The lowest BCUT2D eigenvalue weighted by atomic mass is 10.4. The SMILES string of the molecule is CN(C)CCn1cc(N(C)SON)ccc1=O. The van der Waals surface area contributed by atoms with Crippen molar-refractivity contribution in [3.8, 4) is 0 Å². The third-order valence-electron chi connectivity index (χ3n) is 2.27. The summed E-state index contributed by atoms with van der Waals surface area (Å²) in [5.41, 5.74) is 0.849. The van der Waals surface area contributed by atoms with Gasteiger partial charge in [-0.3, -0.25) is 9.10 Å². The molecular formula is C10H18N4O2S. The first-order valence-corrected chi connectivity index (χ1v) is 5.87. The molecule has 0 bridgehead atoms. The number of nitrogens with zero attached hydrogens (tertiary/aromatic N) is 3. The van der Waals surface area contributed by atoms with Gasteiger partial charge in [-0.2, -0.15) is 0 Å². The molecule has 2 N–H and O–H groups in total. The van der Waals surface area contributed by atoms with Crippen LogP contribution in [0.25, 0.3) is 0 Å². The Morgan fingerprint density at radius 2 is 2.12 bits per heavy atom. The lowest BCUT2D eigenvalue weighted by Crippen LogP contribution is -2.26. The van der Waals surface area contributed by atoms with Gasteiger partial charge in [0.15, 0.2) is 0 Å². The summed E-state index contributed by atoms with van der Waals surface area (Å²) in [4.78, 5) is 13.7. The second kappa shape index (κ2) is 6.65. The Kier molecular flexibility index (Phi) is 5.49. The van der Waals surface area contributed by atoms with Gasteiger partial charge in [0.25, 0.3) is 5.56 Å². The van der Waals surface area contributed by atoms with Crippen LogP contribution in [-0.2, 0) is 10.8 Å². The van der Waals surface area contributed by atoms with Crippen molar-refractivity contribution in [3.63, 3.8) is 0 Å². The Labute approximate surface area is 105 Å². The molecule has 0 saturated carbocycles. The summed E-state index contributed by atoms with van der Waals surface area (Å²) >= 11 is 1.01. The van der Waals surface area contributed by atoms with E-state index in [2.05, 4.69) is 4.28 Å². The zero-order valence-corrected chi connectivity index (χ0v) is 11.1. The van der Waals surface area contributed by atoms with Crippen LogP contribution in [0.15, 0.2) is 23.1 Å². The maximum absolute atomic E-state index is 11.6. The Balaban J connectivity index is 2.82. The molecule has 0 spiro atoms. The summed E-state index contributed by atoms with van der Waals surface area (Å²) in [5, 5.41) is 0. The van der Waals surface area contributed by atoms with Crippen molar-refractivity contribution in [1.82, 2.24) is 9.47 Å². The van der Waals surface area contributed by atoms with Gasteiger partial charge in [-0.1, -0.05) is 0 Å². The molecule has 6 nitrogen and oxygen atoms in total. The number of likely N-dealkylation sites (N-methyl/N-ethyl adjacent to an activating group) is 1. The highest BCUT2D eigenvalue weighted by molar-refractivity contribution is 7.96. The standard InChI is InChI=1S/C10H18N4O2S/c1-12(2)6-7-14-8-9(4-5-10(14)15)13(3)17-16-11/h4-5,8H,6-7,11H2,1-3H3. The van der Waals surface area contributed by atoms with Gasteiger partial charge in [0, 0.05) is 32.4 Å². The van der Waals surface area contributed by atoms with E-state index in [0.717, 1.165) is 24.5 Å². The number of aromatic nitrogens is 1. The molecule has 0 atom stereocenters. The Morgan fingerprint density at radius 3 is 2.71 bits per heavy atom. The molecule has 0 unspecified atom stereocenters. The van der Waals surface area contributed by atoms with Crippen molar-refractivity contribution in [3.05, 3.63) is 28.7 Å². The third kappa shape index (κ3) is 4.39. The van der Waals surface area contributed by atoms with E-state index in [1.54, 1.807) is 27.2 Å². The van der Waals surface area contributed by atoms with Crippen LogP contribution in [0.3, 0.4) is 0 Å². The number of hydrogen-bond acceptors (Lipinski definition) is 6. The van der Waals surface area contributed by atoms with Crippen molar-refractivity contribution >= 4 is 17.9 Å². The third-order valence-corrected chi connectivity index (χ3v) is 2.79. The van der Waals surface area contributed by atoms with Crippen LogP contribution in [0.5, 0.6) is 0 Å². The topological polar surface area (TPSA) is 63.7 Å². The van der Waals surface area contributed by atoms with Gasteiger partial charge < -0.3 is 9.47 Å². The Morgan fingerprint density at radius 1 is 1.41 bits per heavy atom. The first-order valence-electron chi connectivity index (χ1n) is 5.17. The van der Waals surface area contributed by atoms with Crippen LogP contribution < -0.4 is 15.8 Å². The first-order chi connectivity index (χ1) is 8.04. The van der Waals surface area contributed by atoms with Crippen LogP contribution >= 0.6 is 12.2 Å². The van der Waals surface area contributed by atoms with Gasteiger partial charge in [0.2, 0.25) is 0 Å². The van der Waals surface area contributed by atoms with E-state index in [1.807, 2.05) is 26.0 Å². The molecule has 7 heteroatoms. The molecule has 17 heavy (non-hydrogen) atoms. The van der Waals surface area contributed by atoms with Crippen molar-refractivity contribution in [1.29, 1.82) is 0 Å². The maximum Gasteiger partial charge on any atom is 0.250 e. The Bertz CT molecular complexity index is 408. The predicted octanol–water partition coefficient (Wildman–Crippen LogP) is 0.300. The fourth-order valence-corrected chi connectivity index (χ4v) is 1.62. The molecule has 0 radical (unpaired) electrons. The summed E-state index contributed by atoms with van der Waals surface area (Å²) in [6.07, 6.45) is 1.79. The zero-order chi connectivity index (χ0) is 12.8. The second-order valence-corrected chi connectivity index (χ2v) is 4.78. The van der Waals surface area contributed by atoms with E-state index in [1.165, 1.54) is 0 Å². The van der Waals surface area contributed by atoms with Crippen molar-refractivity contribution in [2.45, 2.75) is 6.54 Å². The highest BCUT2D eigenvalue weighted by atomic mass is 32.2. The zero-order valence-electron chi connectivity index (χ0n) is 10.3. The van der Waals surface area contributed by atoms with E-state index in [-0.39, 0.29) is 5.56 Å². The van der Waals surface area contributed by atoms with E-state index in [9.17, 15) is 4.79 Å². The van der Waals surface area contributed by atoms with E-state index in [0.29, 0.717) is 6.54 Å². The van der Waals surface area contributed by atoms with Gasteiger partial charge in [0.1, 0.15) is 12.2 Å². The molecule has 1 aromatic rings. The summed E-state index contributed by atoms with van der Waals surface area (Å²) in [7, 11) is 5.76. The molecule has 0 saturated heterocycles. The summed E-state index contributed by atoms with van der Waals surface area (Å²) in [6.45, 7) is 1.47. The normalized spacial score (nSPS) is 10.9. The molecule has 0 amide bonds. The molecule has 96 valence electrons. The smallest absolute Gasteiger partial charge is 0.250 e. The summed E-state index contributed by atoms with van der Waals surface area (Å²) in [6, 6.07) is 3.28. The Hall–Kier alpha value is -1.02. The van der Waals surface area contributed by atoms with Gasteiger partial charge in [-0.15, -0.1) is 0 Å². The lowest BCUT2D eigenvalue weighted by Gasteiger charge is -2.17. The van der Waals surface area contributed by atoms with Crippen molar-refractivity contribution in [2.75, 3.05) is 32.0 Å². The van der Waals surface area contributed by atoms with Gasteiger partial charge in [-0.25, -0.2) is 10.2 Å². The number of anilines is 1. The molecule has 1 heterocycles. The summed E-state index contributed by atoms with van der Waals surface area (Å²) < 4.78 is 7.88. The molecule has 1 aromatic heterocycles. The maximum atomic E-state index is 11.6. The van der Waals surface area contributed by atoms with E-state index < -0.39 is 0 Å². The fraction of sp³-hybridized carbons (Fsp3) is 0.500. The predicted molar refractivity (Wildman–Crippen MR) is 70.5 cm³/mol. The number of hydrogen-bond donors (Lipinski definition) is 1. The molecular weight excluding hydrogens is 240 g/mol. The van der Waals surface area contributed by atoms with Crippen molar-refractivity contribution < 1.29 is 4.28 Å². The van der Waals surface area contributed by atoms with Crippen LogP contribution in [0.1, 0.15) is 0 Å². The molecule has 0 fully saturated rings. The largest absolute Gasteiger partial charge is 0.312 e. The second-order valence-electron chi connectivity index (χ2n) is 3.89. The van der Waals surface area contributed by atoms with Crippen LogP contribution in [0, 0.1) is 0 Å².